The van der Waals surface area contributed by atoms with Crippen LogP contribution in [-0.2, 0) is 0 Å². The Balaban J connectivity index is 1.69. The summed E-state index contributed by atoms with van der Waals surface area (Å²) in [7, 11) is 0. The molecular weight excluding hydrogens is 294 g/mol. The van der Waals surface area contributed by atoms with Crippen molar-refractivity contribution < 1.29 is 9.84 Å². The van der Waals surface area contributed by atoms with Gasteiger partial charge in [-0.25, -0.2) is 0 Å². The van der Waals surface area contributed by atoms with E-state index in [4.69, 9.17) is 4.74 Å². The zero-order chi connectivity index (χ0) is 13.2. The smallest absolute Gasteiger partial charge is 0.120 e. The molecule has 0 radical (unpaired) electrons. The molecule has 0 bridgehead atoms. The third kappa shape index (κ3) is 3.25. The molecule has 0 atom stereocenters. The molecule has 1 fully saturated rings. The van der Waals surface area contributed by atoms with Crippen LogP contribution >= 0.6 is 15.9 Å². The summed E-state index contributed by atoms with van der Waals surface area (Å²) in [5.41, 5.74) is -0.490. The average molecular weight is 314 g/mol. The molecule has 1 aliphatic heterocycles. The van der Waals surface area contributed by atoms with Crippen LogP contribution in [0.25, 0.3) is 0 Å². The Morgan fingerprint density at radius 2 is 2.17 bits per heavy atom. The fourth-order valence-corrected chi connectivity index (χ4v) is 2.48. The molecule has 0 saturated carbocycles. The highest BCUT2D eigenvalue weighted by atomic mass is 79.9. The van der Waals surface area contributed by atoms with E-state index < -0.39 is 5.60 Å². The minimum Gasteiger partial charge on any atom is -0.492 e. The number of benzene rings is 1. The van der Waals surface area contributed by atoms with Crippen molar-refractivity contribution in [2.45, 2.75) is 19.4 Å². The van der Waals surface area contributed by atoms with Gasteiger partial charge in [0, 0.05) is 24.1 Å². The average Bonchev–Trinajstić information content (AvgIpc) is 2.26. The summed E-state index contributed by atoms with van der Waals surface area (Å²) in [6.07, 6.45) is 0. The number of β-amino-alcohol motifs (C(OH)–C–C–N with tert-alkyl or cyclic N) is 1. The maximum atomic E-state index is 10.1. The second kappa shape index (κ2) is 5.59. The van der Waals surface area contributed by atoms with Crippen molar-refractivity contribution in [3.05, 3.63) is 28.7 Å². The topological polar surface area (TPSA) is 32.7 Å². The van der Waals surface area contributed by atoms with Crippen molar-refractivity contribution in [1.82, 2.24) is 4.90 Å². The lowest BCUT2D eigenvalue weighted by Crippen LogP contribution is -2.64. The third-order valence-electron chi connectivity index (χ3n) is 3.54. The Kier molecular flexibility index (Phi) is 4.30. The molecule has 1 aromatic carbocycles. The predicted molar refractivity (Wildman–Crippen MR) is 75.9 cm³/mol. The van der Waals surface area contributed by atoms with Crippen LogP contribution < -0.4 is 4.74 Å². The molecule has 0 aliphatic carbocycles. The van der Waals surface area contributed by atoms with Gasteiger partial charge in [-0.05, 0) is 24.1 Å². The maximum absolute atomic E-state index is 10.1. The zero-order valence-electron chi connectivity index (χ0n) is 10.9. The molecule has 18 heavy (non-hydrogen) atoms. The van der Waals surface area contributed by atoms with Crippen LogP contribution in [-0.4, -0.2) is 41.8 Å². The highest BCUT2D eigenvalue weighted by Crippen LogP contribution is 2.28. The van der Waals surface area contributed by atoms with E-state index in [0.717, 1.165) is 29.9 Å². The third-order valence-corrected chi connectivity index (χ3v) is 4.04. The van der Waals surface area contributed by atoms with Crippen molar-refractivity contribution in [1.29, 1.82) is 0 Å². The van der Waals surface area contributed by atoms with Gasteiger partial charge in [-0.1, -0.05) is 35.8 Å². The molecule has 0 spiro atoms. The van der Waals surface area contributed by atoms with Crippen LogP contribution in [0.3, 0.4) is 0 Å². The van der Waals surface area contributed by atoms with Crippen LogP contribution in [0.2, 0.25) is 0 Å². The summed E-state index contributed by atoms with van der Waals surface area (Å²) >= 11 is 3.42. The van der Waals surface area contributed by atoms with E-state index >= 15 is 0 Å². The van der Waals surface area contributed by atoms with Crippen molar-refractivity contribution in [2.24, 2.45) is 5.92 Å². The normalized spacial score (nSPS) is 18.7. The summed E-state index contributed by atoms with van der Waals surface area (Å²) in [4.78, 5) is 2.22. The molecule has 2 rings (SSSR count). The monoisotopic (exact) mass is 313 g/mol. The largest absolute Gasteiger partial charge is 0.492 e. The summed E-state index contributed by atoms with van der Waals surface area (Å²) in [6.45, 7) is 7.16. The highest BCUT2D eigenvalue weighted by Gasteiger charge is 2.43. The van der Waals surface area contributed by atoms with E-state index in [1.807, 2.05) is 24.3 Å². The molecule has 1 aromatic rings. The first-order valence-electron chi connectivity index (χ1n) is 6.33. The first kappa shape index (κ1) is 13.8. The summed E-state index contributed by atoms with van der Waals surface area (Å²) in [5.74, 6) is 1.20. The number of likely N-dealkylation sites (tertiary alicyclic amines) is 1. The summed E-state index contributed by atoms with van der Waals surface area (Å²) in [6, 6.07) is 7.84. The lowest BCUT2D eigenvalue weighted by molar-refractivity contribution is -0.129. The molecule has 1 aliphatic rings. The van der Waals surface area contributed by atoms with Gasteiger partial charge in [0.25, 0.3) is 0 Å². The number of rotatable bonds is 5. The van der Waals surface area contributed by atoms with Crippen LogP contribution in [0.5, 0.6) is 5.75 Å². The van der Waals surface area contributed by atoms with Gasteiger partial charge >= 0.3 is 0 Å². The van der Waals surface area contributed by atoms with Gasteiger partial charge in [0.1, 0.15) is 12.4 Å². The first-order chi connectivity index (χ1) is 8.49. The zero-order valence-corrected chi connectivity index (χ0v) is 12.5. The Morgan fingerprint density at radius 3 is 2.78 bits per heavy atom. The number of nitrogens with zero attached hydrogens (tertiary/aromatic N) is 1. The number of aliphatic hydroxyl groups is 1. The quantitative estimate of drug-likeness (QED) is 0.906. The highest BCUT2D eigenvalue weighted by molar-refractivity contribution is 9.10. The second-order valence-corrected chi connectivity index (χ2v) is 6.19. The van der Waals surface area contributed by atoms with E-state index in [9.17, 15) is 5.11 Å². The minimum absolute atomic E-state index is 0.319. The van der Waals surface area contributed by atoms with Crippen molar-refractivity contribution in [2.75, 3.05) is 26.2 Å². The minimum atomic E-state index is -0.490. The number of ether oxygens (including phenoxy) is 1. The van der Waals surface area contributed by atoms with Gasteiger partial charge < -0.3 is 9.84 Å². The van der Waals surface area contributed by atoms with Crippen LogP contribution in [0.15, 0.2) is 28.7 Å². The number of hydrogen-bond acceptors (Lipinski definition) is 3. The second-order valence-electron chi connectivity index (χ2n) is 5.27. The van der Waals surface area contributed by atoms with Crippen molar-refractivity contribution in [3.8, 4) is 5.75 Å². The van der Waals surface area contributed by atoms with Crippen molar-refractivity contribution in [3.63, 3.8) is 0 Å². The van der Waals surface area contributed by atoms with Gasteiger partial charge in [-0.3, -0.25) is 4.90 Å². The van der Waals surface area contributed by atoms with E-state index in [1.165, 1.54) is 0 Å². The fraction of sp³-hybridized carbons (Fsp3) is 0.571. The van der Waals surface area contributed by atoms with Gasteiger partial charge in [0.2, 0.25) is 0 Å². The molecule has 0 unspecified atom stereocenters. The molecule has 1 N–H and O–H groups in total. The Morgan fingerprint density at radius 1 is 1.44 bits per heavy atom. The Hall–Kier alpha value is -0.580. The van der Waals surface area contributed by atoms with Crippen LogP contribution in [0.4, 0.5) is 0 Å². The van der Waals surface area contributed by atoms with E-state index in [0.29, 0.717) is 12.5 Å². The van der Waals surface area contributed by atoms with Gasteiger partial charge in [0.05, 0.1) is 5.60 Å². The lowest BCUT2D eigenvalue weighted by atomic mass is 9.83. The fourth-order valence-electron chi connectivity index (χ4n) is 2.10. The van der Waals surface area contributed by atoms with Gasteiger partial charge in [-0.2, -0.15) is 0 Å². The first-order valence-corrected chi connectivity index (χ1v) is 7.12. The van der Waals surface area contributed by atoms with Crippen molar-refractivity contribution >= 4 is 15.9 Å². The molecule has 4 heteroatoms. The van der Waals surface area contributed by atoms with Gasteiger partial charge in [-0.15, -0.1) is 0 Å². The standard InChI is InChI=1S/C14H20BrNO2/c1-11(2)14(17)9-16(10-14)6-7-18-13-5-3-4-12(15)8-13/h3-5,8,11,17H,6-7,9-10H2,1-2H3. The van der Waals surface area contributed by atoms with Crippen LogP contribution in [0, 0.1) is 5.92 Å². The molecular formula is C14H20BrNO2. The van der Waals surface area contributed by atoms with E-state index in [2.05, 4.69) is 34.7 Å². The molecule has 100 valence electrons. The molecule has 1 heterocycles. The number of hydrogen-bond donors (Lipinski definition) is 1. The SMILES string of the molecule is CC(C)C1(O)CN(CCOc2cccc(Br)c2)C1. The molecule has 3 nitrogen and oxygen atoms in total. The van der Waals surface area contributed by atoms with E-state index in [1.54, 1.807) is 0 Å². The lowest BCUT2D eigenvalue weighted by Gasteiger charge is -2.49. The van der Waals surface area contributed by atoms with Crippen LogP contribution in [0.1, 0.15) is 13.8 Å². The van der Waals surface area contributed by atoms with E-state index in [-0.39, 0.29) is 0 Å². The predicted octanol–water partition coefficient (Wildman–Crippen LogP) is 2.53. The Labute approximate surface area is 117 Å². The summed E-state index contributed by atoms with van der Waals surface area (Å²) in [5, 5.41) is 10.1. The molecule has 0 aromatic heterocycles. The summed E-state index contributed by atoms with van der Waals surface area (Å²) < 4.78 is 6.69. The molecule has 0 amide bonds. The Bertz CT molecular complexity index is 403. The van der Waals surface area contributed by atoms with Gasteiger partial charge in [0.15, 0.2) is 0 Å². The molecule has 1 saturated heterocycles. The maximum Gasteiger partial charge on any atom is 0.120 e. The number of halogens is 1.